The van der Waals surface area contributed by atoms with Crippen molar-refractivity contribution in [2.24, 2.45) is 5.73 Å². The summed E-state index contributed by atoms with van der Waals surface area (Å²) in [6.07, 6.45) is 1.75. The normalized spacial score (nSPS) is 10.5. The Labute approximate surface area is 126 Å². The van der Waals surface area contributed by atoms with Crippen molar-refractivity contribution in [1.29, 1.82) is 5.41 Å². The van der Waals surface area contributed by atoms with E-state index in [9.17, 15) is 0 Å². The molecule has 3 N–H and O–H groups in total. The van der Waals surface area contributed by atoms with Crippen LogP contribution >= 0.6 is 45.2 Å². The summed E-state index contributed by atoms with van der Waals surface area (Å²) in [5, 5.41) is 7.64. The molecule has 0 spiro atoms. The first-order chi connectivity index (χ1) is 8.00. The van der Waals surface area contributed by atoms with Gasteiger partial charge in [0, 0.05) is 5.56 Å². The first-order valence-electron chi connectivity index (χ1n) is 4.84. The highest BCUT2D eigenvalue weighted by molar-refractivity contribution is 14.1. The van der Waals surface area contributed by atoms with Gasteiger partial charge in [0.2, 0.25) is 0 Å². The third kappa shape index (κ3) is 2.46. The Bertz CT molecular complexity index is 589. The van der Waals surface area contributed by atoms with Crippen molar-refractivity contribution < 1.29 is 0 Å². The number of aryl methyl sites for hydroxylation is 1. The lowest BCUT2D eigenvalue weighted by molar-refractivity contribution is 1.02. The van der Waals surface area contributed by atoms with Crippen molar-refractivity contribution >= 4 is 51.0 Å². The Kier molecular flexibility index (Phi) is 3.71. The molecule has 0 fully saturated rings. The highest BCUT2D eigenvalue weighted by atomic mass is 127. The second-order valence-corrected chi connectivity index (χ2v) is 5.67. The van der Waals surface area contributed by atoms with Crippen LogP contribution in [0.15, 0.2) is 24.5 Å². The zero-order valence-corrected chi connectivity index (χ0v) is 13.4. The van der Waals surface area contributed by atoms with Crippen LogP contribution in [0.2, 0.25) is 0 Å². The maximum atomic E-state index is 7.64. The van der Waals surface area contributed by atoms with E-state index in [2.05, 4.69) is 50.2 Å². The van der Waals surface area contributed by atoms with E-state index in [-0.39, 0.29) is 5.84 Å². The molecule has 0 bridgehead atoms. The van der Waals surface area contributed by atoms with Gasteiger partial charge < -0.3 is 5.73 Å². The van der Waals surface area contributed by atoms with E-state index in [4.69, 9.17) is 11.1 Å². The van der Waals surface area contributed by atoms with Crippen LogP contribution in [0.3, 0.4) is 0 Å². The van der Waals surface area contributed by atoms with Crippen LogP contribution in [0.5, 0.6) is 0 Å². The van der Waals surface area contributed by atoms with E-state index in [1.807, 2.05) is 29.7 Å². The molecule has 0 amide bonds. The Morgan fingerprint density at radius 1 is 1.41 bits per heavy atom. The lowest BCUT2D eigenvalue weighted by atomic mass is 10.1. The summed E-state index contributed by atoms with van der Waals surface area (Å²) in [6, 6.07) is 5.89. The number of benzene rings is 1. The van der Waals surface area contributed by atoms with Gasteiger partial charge in [-0.05, 0) is 64.2 Å². The molecule has 0 atom stereocenters. The van der Waals surface area contributed by atoms with Crippen LogP contribution < -0.4 is 5.73 Å². The van der Waals surface area contributed by atoms with Gasteiger partial charge in [-0.3, -0.25) is 9.98 Å². The van der Waals surface area contributed by atoms with Gasteiger partial charge in [-0.2, -0.15) is 0 Å². The number of hydrogen-bond donors (Lipinski definition) is 2. The maximum Gasteiger partial charge on any atom is 0.133 e. The summed E-state index contributed by atoms with van der Waals surface area (Å²) in [5.41, 5.74) is 8.33. The van der Waals surface area contributed by atoms with Crippen LogP contribution in [-0.2, 0) is 0 Å². The average molecular weight is 452 g/mol. The zero-order chi connectivity index (χ0) is 12.6. The first-order valence-corrected chi connectivity index (χ1v) is 7.00. The fourth-order valence-electron chi connectivity index (χ4n) is 1.56. The molecular formula is C11H10I2N4. The largest absolute Gasteiger partial charge is 0.384 e. The van der Waals surface area contributed by atoms with Gasteiger partial charge >= 0.3 is 0 Å². The van der Waals surface area contributed by atoms with Gasteiger partial charge in [0.05, 0.1) is 5.69 Å². The van der Waals surface area contributed by atoms with E-state index >= 15 is 0 Å². The smallest absolute Gasteiger partial charge is 0.133 e. The van der Waals surface area contributed by atoms with E-state index in [0.717, 1.165) is 24.2 Å². The second-order valence-electron chi connectivity index (χ2n) is 3.63. The molecule has 0 aliphatic heterocycles. The molecule has 0 aliphatic carbocycles. The standard InChI is InChI=1S/C11H10I2N4/c1-6-2-3-8(7(4-6)11(14)15)17-5-16-9(12)10(17)13/h2-5H,1H3,(H3,14,15). The van der Waals surface area contributed by atoms with Crippen molar-refractivity contribution in [2.75, 3.05) is 0 Å². The van der Waals surface area contributed by atoms with Crippen molar-refractivity contribution in [3.8, 4) is 5.69 Å². The molecule has 88 valence electrons. The molecule has 0 aliphatic rings. The number of aromatic nitrogens is 2. The molecule has 17 heavy (non-hydrogen) atoms. The van der Waals surface area contributed by atoms with Gasteiger partial charge in [-0.25, -0.2) is 4.98 Å². The molecule has 2 rings (SSSR count). The van der Waals surface area contributed by atoms with E-state index in [1.54, 1.807) is 6.33 Å². The van der Waals surface area contributed by atoms with Gasteiger partial charge in [0.1, 0.15) is 19.6 Å². The van der Waals surface area contributed by atoms with Crippen LogP contribution in [0.1, 0.15) is 11.1 Å². The number of hydrogen-bond acceptors (Lipinski definition) is 2. The molecule has 1 aromatic heterocycles. The summed E-state index contributed by atoms with van der Waals surface area (Å²) in [7, 11) is 0. The average Bonchev–Trinajstić information content (AvgIpc) is 2.60. The summed E-state index contributed by atoms with van der Waals surface area (Å²) in [6.45, 7) is 1.98. The van der Waals surface area contributed by atoms with Crippen molar-refractivity contribution in [3.05, 3.63) is 43.1 Å². The summed E-state index contributed by atoms with van der Waals surface area (Å²) >= 11 is 4.42. The van der Waals surface area contributed by atoms with Crippen LogP contribution in [-0.4, -0.2) is 15.4 Å². The number of imidazole rings is 1. The maximum absolute atomic E-state index is 7.64. The molecule has 6 heteroatoms. The van der Waals surface area contributed by atoms with Gasteiger partial charge in [0.15, 0.2) is 0 Å². The molecule has 2 aromatic rings. The molecule has 0 saturated carbocycles. The Morgan fingerprint density at radius 3 is 2.65 bits per heavy atom. The van der Waals surface area contributed by atoms with Crippen LogP contribution in [0.25, 0.3) is 5.69 Å². The molecule has 1 heterocycles. The quantitative estimate of drug-likeness (QED) is 0.418. The molecular weight excluding hydrogens is 442 g/mol. The number of halogens is 2. The Balaban J connectivity index is 2.67. The van der Waals surface area contributed by atoms with Gasteiger partial charge in [0.25, 0.3) is 0 Å². The number of nitrogens with two attached hydrogens (primary N) is 1. The number of nitrogens with zero attached hydrogens (tertiary/aromatic N) is 2. The lowest BCUT2D eigenvalue weighted by Gasteiger charge is -2.11. The fraction of sp³-hybridized carbons (Fsp3) is 0.0909. The second kappa shape index (κ2) is 4.92. The predicted molar refractivity (Wildman–Crippen MR) is 84.8 cm³/mol. The lowest BCUT2D eigenvalue weighted by Crippen LogP contribution is -2.15. The highest BCUT2D eigenvalue weighted by Gasteiger charge is 2.12. The minimum atomic E-state index is 0.0724. The Morgan fingerprint density at radius 2 is 2.12 bits per heavy atom. The first kappa shape index (κ1) is 12.8. The van der Waals surface area contributed by atoms with Gasteiger partial charge in [-0.15, -0.1) is 0 Å². The molecule has 0 radical (unpaired) electrons. The summed E-state index contributed by atoms with van der Waals surface area (Å²) in [4.78, 5) is 4.25. The van der Waals surface area contributed by atoms with Crippen LogP contribution in [0, 0.1) is 19.7 Å². The van der Waals surface area contributed by atoms with Crippen molar-refractivity contribution in [2.45, 2.75) is 6.92 Å². The SMILES string of the molecule is Cc1ccc(-n2cnc(I)c2I)c(C(=N)N)c1. The zero-order valence-electron chi connectivity index (χ0n) is 9.04. The molecule has 1 aromatic carbocycles. The third-order valence-electron chi connectivity index (χ3n) is 2.37. The number of nitrogen functional groups attached to an aromatic ring is 1. The Hall–Kier alpha value is -0.640. The highest BCUT2D eigenvalue weighted by Crippen LogP contribution is 2.22. The molecule has 0 unspecified atom stereocenters. The van der Waals surface area contributed by atoms with E-state index in [1.165, 1.54) is 0 Å². The predicted octanol–water partition coefficient (Wildman–Crippen LogP) is 2.67. The van der Waals surface area contributed by atoms with Gasteiger partial charge in [-0.1, -0.05) is 11.6 Å². The number of amidine groups is 1. The number of nitrogens with one attached hydrogen (secondary N) is 1. The third-order valence-corrected chi connectivity index (χ3v) is 5.22. The van der Waals surface area contributed by atoms with E-state index < -0.39 is 0 Å². The monoisotopic (exact) mass is 452 g/mol. The van der Waals surface area contributed by atoms with E-state index in [0.29, 0.717) is 0 Å². The van der Waals surface area contributed by atoms with Crippen molar-refractivity contribution in [1.82, 2.24) is 9.55 Å². The minimum Gasteiger partial charge on any atom is -0.384 e. The topological polar surface area (TPSA) is 67.7 Å². The summed E-state index contributed by atoms with van der Waals surface area (Å²) < 4.78 is 3.91. The molecule has 4 nitrogen and oxygen atoms in total. The minimum absolute atomic E-state index is 0.0724. The fourth-order valence-corrected chi connectivity index (χ4v) is 2.46. The number of rotatable bonds is 2. The van der Waals surface area contributed by atoms with Crippen molar-refractivity contribution in [3.63, 3.8) is 0 Å². The summed E-state index contributed by atoms with van der Waals surface area (Å²) in [5.74, 6) is 0.0724. The molecule has 0 saturated heterocycles. The van der Waals surface area contributed by atoms with Crippen LogP contribution in [0.4, 0.5) is 0 Å².